The van der Waals surface area contributed by atoms with E-state index < -0.39 is 155 Å². The Morgan fingerprint density at radius 1 is 0.533 bits per heavy atom. The van der Waals surface area contributed by atoms with Crippen molar-refractivity contribution in [3.8, 4) is 0 Å². The SMILES string of the molecule is OCC1O[C@H](C[C@@H]2O[C@H](CO)[C@H](O)C2(O)CO[C@@H]2O[C@H](CO)[C@H](O)C2(O)CO[C@]2(CO)O[C@H](CO)[C@H](O)C2O)C(O)[C@@H](O)[C@@H]1O. The zero-order valence-corrected chi connectivity index (χ0v) is 24.0. The number of ether oxygens (including phenoxy) is 6. The van der Waals surface area contributed by atoms with Gasteiger partial charge in [0.25, 0.3) is 0 Å². The highest BCUT2D eigenvalue weighted by Gasteiger charge is 2.63. The Hall–Kier alpha value is -0.800. The standard InChI is InChI=1S/C25H44O20/c26-2-10-16(32)18(34)15(31)9(42-10)1-14-23(38,19(35)12(4-28)43-14)7-40-22-24(39,20(36)13(5-29)44-22)8-41-25(6-30)21(37)17(33)11(3-27)45-25/h9-22,26-39H,1-8H2/t9-,10?,11-,12-,13-,14+,15?,16-,17+,18-,19+,20+,21?,22-,23?,24?,25-/m1/s1. The van der Waals surface area contributed by atoms with E-state index in [-0.39, 0.29) is 0 Å². The van der Waals surface area contributed by atoms with Crippen LogP contribution in [0.2, 0.25) is 0 Å². The van der Waals surface area contributed by atoms with E-state index in [1.807, 2.05) is 0 Å². The van der Waals surface area contributed by atoms with Gasteiger partial charge in [0.15, 0.2) is 11.9 Å². The summed E-state index contributed by atoms with van der Waals surface area (Å²) in [7, 11) is 0. The molecule has 20 nitrogen and oxygen atoms in total. The summed E-state index contributed by atoms with van der Waals surface area (Å²) in [4.78, 5) is 0. The molecule has 0 amide bonds. The molecule has 0 bridgehead atoms. The normalized spacial score (nSPS) is 52.1. The van der Waals surface area contributed by atoms with Gasteiger partial charge in [-0.1, -0.05) is 0 Å². The summed E-state index contributed by atoms with van der Waals surface area (Å²) in [5.74, 6) is -2.39. The molecule has 17 atom stereocenters. The smallest absolute Gasteiger partial charge is 0.221 e. The maximum absolute atomic E-state index is 11.6. The van der Waals surface area contributed by atoms with Gasteiger partial charge in [-0.15, -0.1) is 0 Å². The first kappa shape index (κ1) is 37.0. The van der Waals surface area contributed by atoms with E-state index in [1.165, 1.54) is 0 Å². The van der Waals surface area contributed by atoms with Gasteiger partial charge in [0, 0.05) is 6.42 Å². The predicted molar refractivity (Wildman–Crippen MR) is 137 cm³/mol. The lowest BCUT2D eigenvalue weighted by molar-refractivity contribution is -0.311. The molecule has 0 aromatic carbocycles. The van der Waals surface area contributed by atoms with Crippen molar-refractivity contribution in [2.75, 3.05) is 46.2 Å². The van der Waals surface area contributed by atoms with Crippen LogP contribution < -0.4 is 0 Å². The fraction of sp³-hybridized carbons (Fsp3) is 1.00. The number of aliphatic hydroxyl groups is 14. The van der Waals surface area contributed by atoms with Crippen molar-refractivity contribution >= 4 is 0 Å². The average Bonchev–Trinajstić information content (AvgIpc) is 3.54. The Balaban J connectivity index is 1.53. The average molecular weight is 665 g/mol. The van der Waals surface area contributed by atoms with Gasteiger partial charge < -0.3 is 99.9 Å². The van der Waals surface area contributed by atoms with Gasteiger partial charge in [0.1, 0.15) is 79.4 Å². The highest BCUT2D eigenvalue weighted by Crippen LogP contribution is 2.40. The third kappa shape index (κ3) is 6.50. The molecule has 4 aliphatic rings. The second-order valence-electron chi connectivity index (χ2n) is 11.9. The van der Waals surface area contributed by atoms with E-state index in [0.717, 1.165) is 0 Å². The molecule has 0 spiro atoms. The molecule has 0 saturated carbocycles. The minimum Gasteiger partial charge on any atom is -0.394 e. The lowest BCUT2D eigenvalue weighted by Gasteiger charge is -2.42. The molecule has 4 saturated heterocycles. The summed E-state index contributed by atoms with van der Waals surface area (Å²) >= 11 is 0. The number of aliphatic hydroxyl groups excluding tert-OH is 12. The van der Waals surface area contributed by atoms with Crippen molar-refractivity contribution in [1.82, 2.24) is 0 Å². The maximum Gasteiger partial charge on any atom is 0.221 e. The summed E-state index contributed by atoms with van der Waals surface area (Å²) in [6, 6.07) is 0. The van der Waals surface area contributed by atoms with Crippen LogP contribution in [-0.4, -0.2) is 220 Å². The maximum atomic E-state index is 11.6. The highest BCUT2D eigenvalue weighted by molar-refractivity contribution is 5.08. The Morgan fingerprint density at radius 2 is 1.09 bits per heavy atom. The van der Waals surface area contributed by atoms with Crippen LogP contribution in [0.15, 0.2) is 0 Å². The van der Waals surface area contributed by atoms with Crippen LogP contribution in [0.5, 0.6) is 0 Å². The van der Waals surface area contributed by atoms with Crippen LogP contribution >= 0.6 is 0 Å². The molecule has 0 radical (unpaired) electrons. The summed E-state index contributed by atoms with van der Waals surface area (Å²) in [5.41, 5.74) is -5.10. The van der Waals surface area contributed by atoms with Crippen LogP contribution in [0.25, 0.3) is 0 Å². The van der Waals surface area contributed by atoms with Crippen LogP contribution in [-0.2, 0) is 28.4 Å². The third-order valence-corrected chi connectivity index (χ3v) is 9.05. The Kier molecular flexibility index (Phi) is 11.8. The summed E-state index contributed by atoms with van der Waals surface area (Å²) in [6.07, 6.45) is -23.6. The lowest BCUT2D eigenvalue weighted by atomic mass is 9.85. The molecule has 14 N–H and O–H groups in total. The van der Waals surface area contributed by atoms with E-state index in [9.17, 15) is 71.5 Å². The molecule has 4 fully saturated rings. The van der Waals surface area contributed by atoms with Crippen LogP contribution in [0.1, 0.15) is 6.42 Å². The fourth-order valence-corrected chi connectivity index (χ4v) is 6.12. The third-order valence-electron chi connectivity index (χ3n) is 9.05. The first-order valence-corrected chi connectivity index (χ1v) is 14.3. The first-order valence-electron chi connectivity index (χ1n) is 14.3. The molecule has 0 aliphatic carbocycles. The van der Waals surface area contributed by atoms with Crippen molar-refractivity contribution in [2.24, 2.45) is 0 Å². The molecule has 4 aliphatic heterocycles. The number of hydrogen-bond donors (Lipinski definition) is 14. The Bertz CT molecular complexity index is 962. The Morgan fingerprint density at radius 3 is 1.64 bits per heavy atom. The molecular weight excluding hydrogens is 620 g/mol. The molecule has 20 heteroatoms. The van der Waals surface area contributed by atoms with E-state index >= 15 is 0 Å². The zero-order chi connectivity index (χ0) is 33.5. The van der Waals surface area contributed by atoms with Gasteiger partial charge in [-0.25, -0.2) is 0 Å². The van der Waals surface area contributed by atoms with Gasteiger partial charge in [0.05, 0.1) is 51.8 Å². The van der Waals surface area contributed by atoms with Gasteiger partial charge >= 0.3 is 0 Å². The van der Waals surface area contributed by atoms with Crippen LogP contribution in [0, 0.1) is 0 Å². The van der Waals surface area contributed by atoms with Gasteiger partial charge in [-0.3, -0.25) is 0 Å². The minimum atomic E-state index is -2.63. The largest absolute Gasteiger partial charge is 0.394 e. The molecule has 5 unspecified atom stereocenters. The van der Waals surface area contributed by atoms with Crippen molar-refractivity contribution in [3.05, 3.63) is 0 Å². The molecule has 4 heterocycles. The topological polar surface area (TPSA) is 339 Å². The van der Waals surface area contributed by atoms with E-state index in [1.54, 1.807) is 0 Å². The van der Waals surface area contributed by atoms with Gasteiger partial charge in [-0.05, 0) is 0 Å². The van der Waals surface area contributed by atoms with Crippen LogP contribution in [0.3, 0.4) is 0 Å². The van der Waals surface area contributed by atoms with Crippen molar-refractivity contribution in [2.45, 2.75) is 109 Å². The number of rotatable bonds is 13. The second kappa shape index (κ2) is 14.4. The van der Waals surface area contributed by atoms with E-state index in [4.69, 9.17) is 28.4 Å². The van der Waals surface area contributed by atoms with E-state index in [2.05, 4.69) is 0 Å². The monoisotopic (exact) mass is 664 g/mol. The molecule has 45 heavy (non-hydrogen) atoms. The van der Waals surface area contributed by atoms with Crippen molar-refractivity contribution in [3.63, 3.8) is 0 Å². The van der Waals surface area contributed by atoms with Crippen molar-refractivity contribution in [1.29, 1.82) is 0 Å². The highest BCUT2D eigenvalue weighted by atomic mass is 16.8. The van der Waals surface area contributed by atoms with Gasteiger partial charge in [-0.2, -0.15) is 0 Å². The molecule has 264 valence electrons. The molecule has 4 rings (SSSR count). The van der Waals surface area contributed by atoms with E-state index in [0.29, 0.717) is 0 Å². The summed E-state index contributed by atoms with van der Waals surface area (Å²) in [5, 5.41) is 144. The lowest BCUT2D eigenvalue weighted by Crippen LogP contribution is -2.61. The summed E-state index contributed by atoms with van der Waals surface area (Å²) in [6.45, 7) is -6.29. The van der Waals surface area contributed by atoms with Crippen LogP contribution in [0.4, 0.5) is 0 Å². The minimum absolute atomic E-state index is 0.488. The second-order valence-corrected chi connectivity index (χ2v) is 11.9. The predicted octanol–water partition coefficient (Wildman–Crippen LogP) is -9.29. The quantitative estimate of drug-likeness (QED) is 0.0868. The first-order chi connectivity index (χ1) is 21.2. The number of hydrogen-bond acceptors (Lipinski definition) is 20. The molecular formula is C25H44O20. The van der Waals surface area contributed by atoms with Gasteiger partial charge in [0.2, 0.25) is 5.79 Å². The molecule has 0 aromatic rings. The fourth-order valence-electron chi connectivity index (χ4n) is 6.12. The zero-order valence-electron chi connectivity index (χ0n) is 24.0. The summed E-state index contributed by atoms with van der Waals surface area (Å²) < 4.78 is 32.8. The Labute approximate surface area is 255 Å². The van der Waals surface area contributed by atoms with Crippen molar-refractivity contribution < 1.29 is 99.9 Å². The molecule has 0 aromatic heterocycles.